The van der Waals surface area contributed by atoms with Gasteiger partial charge >= 0.3 is 0 Å². The first-order chi connectivity index (χ1) is 14.5. The molecule has 2 N–H and O–H groups in total. The van der Waals surface area contributed by atoms with Crippen molar-refractivity contribution < 1.29 is 23.7 Å². The first-order valence-corrected chi connectivity index (χ1v) is 10.6. The van der Waals surface area contributed by atoms with Crippen LogP contribution in [0.4, 0.5) is 8.78 Å². The summed E-state index contributed by atoms with van der Waals surface area (Å²) >= 11 is 0. The predicted octanol–water partition coefficient (Wildman–Crippen LogP) is 4.10. The van der Waals surface area contributed by atoms with Gasteiger partial charge in [0, 0.05) is 25.6 Å². The third-order valence-corrected chi connectivity index (χ3v) is 5.62. The molecule has 6 heteroatoms. The highest BCUT2D eigenvalue weighted by Crippen LogP contribution is 2.26. The van der Waals surface area contributed by atoms with Crippen molar-refractivity contribution in [1.82, 2.24) is 4.90 Å². The lowest BCUT2D eigenvalue weighted by Crippen LogP contribution is -2.50. The van der Waals surface area contributed by atoms with Crippen molar-refractivity contribution in [2.75, 3.05) is 26.3 Å². The second kappa shape index (κ2) is 11.0. The third kappa shape index (κ3) is 6.84. The molecule has 0 amide bonds. The van der Waals surface area contributed by atoms with Gasteiger partial charge in [-0.1, -0.05) is 54.6 Å². The topological polar surface area (TPSA) is 52.9 Å². The highest BCUT2D eigenvalue weighted by molar-refractivity contribution is 5.63. The number of hydrogen-bond acceptors (Lipinski definition) is 4. The number of aliphatic hydroxyl groups excluding tert-OH is 2. The van der Waals surface area contributed by atoms with Gasteiger partial charge in [0.2, 0.25) is 0 Å². The maximum Gasteiger partial charge on any atom is 0.260 e. The second-order valence-corrected chi connectivity index (χ2v) is 8.06. The monoisotopic (exact) mass is 419 g/mol. The van der Waals surface area contributed by atoms with E-state index in [0.717, 1.165) is 16.7 Å². The molecule has 0 aliphatic carbocycles. The van der Waals surface area contributed by atoms with Crippen molar-refractivity contribution in [3.05, 3.63) is 60.2 Å². The summed E-state index contributed by atoms with van der Waals surface area (Å²) in [5.74, 6) is -2.84. The number of hydrogen-bond donors (Lipinski definition) is 2. The van der Waals surface area contributed by atoms with Gasteiger partial charge in [-0.25, -0.2) is 8.78 Å². The van der Waals surface area contributed by atoms with E-state index >= 15 is 0 Å². The molecule has 164 valence electrons. The molecule has 2 aromatic rings. The molecule has 1 heterocycles. The summed E-state index contributed by atoms with van der Waals surface area (Å²) in [6, 6.07) is 17.8. The first kappa shape index (κ1) is 22.8. The summed E-state index contributed by atoms with van der Waals surface area (Å²) in [6.45, 7) is 0.470. The zero-order chi connectivity index (χ0) is 21.4. The Morgan fingerprint density at radius 2 is 1.73 bits per heavy atom. The fraction of sp³-hybridized carbons (Fsp3) is 0.500. The normalized spacial score (nSPS) is 20.4. The van der Waals surface area contributed by atoms with E-state index in [9.17, 15) is 19.0 Å². The number of piperidine rings is 1. The smallest absolute Gasteiger partial charge is 0.260 e. The first-order valence-electron chi connectivity index (χ1n) is 10.6. The molecule has 0 bridgehead atoms. The molecule has 1 aliphatic heterocycles. The molecule has 2 unspecified atom stereocenters. The molecule has 4 nitrogen and oxygen atoms in total. The molecular formula is C24H31F2NO3. The van der Waals surface area contributed by atoms with Crippen molar-refractivity contribution in [3.63, 3.8) is 0 Å². The molecule has 0 spiro atoms. The SMILES string of the molecule is OCC1CC(O)CCN1CC(F)(F)CCCOCc1ccc(-c2ccccc2)cc1. The number of rotatable bonds is 10. The Morgan fingerprint density at radius 3 is 2.43 bits per heavy atom. The van der Waals surface area contributed by atoms with E-state index < -0.39 is 18.1 Å². The summed E-state index contributed by atoms with van der Waals surface area (Å²) in [5, 5.41) is 19.0. The molecular weight excluding hydrogens is 388 g/mol. The van der Waals surface area contributed by atoms with Gasteiger partial charge in [0.25, 0.3) is 5.92 Å². The van der Waals surface area contributed by atoms with E-state index in [2.05, 4.69) is 12.1 Å². The molecule has 1 aliphatic rings. The van der Waals surface area contributed by atoms with Crippen LogP contribution in [0.15, 0.2) is 54.6 Å². The average molecular weight is 420 g/mol. The predicted molar refractivity (Wildman–Crippen MR) is 113 cm³/mol. The maximum atomic E-state index is 14.3. The van der Waals surface area contributed by atoms with Crippen LogP contribution in [0.5, 0.6) is 0 Å². The van der Waals surface area contributed by atoms with E-state index in [1.807, 2.05) is 42.5 Å². The fourth-order valence-electron chi connectivity index (χ4n) is 3.90. The van der Waals surface area contributed by atoms with E-state index in [1.54, 1.807) is 4.90 Å². The van der Waals surface area contributed by atoms with Crippen LogP contribution >= 0.6 is 0 Å². The van der Waals surface area contributed by atoms with E-state index in [-0.39, 0.29) is 32.6 Å². The van der Waals surface area contributed by atoms with Crippen LogP contribution in [-0.4, -0.2) is 59.5 Å². The summed E-state index contributed by atoms with van der Waals surface area (Å²) in [5.41, 5.74) is 3.29. The Bertz CT molecular complexity index is 755. The molecule has 2 atom stereocenters. The summed E-state index contributed by atoms with van der Waals surface area (Å²) in [6.07, 6.45) is 0.325. The van der Waals surface area contributed by atoms with Gasteiger partial charge in [-0.15, -0.1) is 0 Å². The molecule has 0 saturated carbocycles. The highest BCUT2D eigenvalue weighted by atomic mass is 19.3. The Morgan fingerprint density at radius 1 is 1.03 bits per heavy atom. The lowest BCUT2D eigenvalue weighted by Gasteiger charge is -2.38. The minimum Gasteiger partial charge on any atom is -0.395 e. The van der Waals surface area contributed by atoms with Gasteiger partial charge in [0.15, 0.2) is 0 Å². The van der Waals surface area contributed by atoms with Crippen molar-refractivity contribution >= 4 is 0 Å². The van der Waals surface area contributed by atoms with E-state index in [4.69, 9.17) is 4.74 Å². The number of halogens is 2. The molecule has 0 aromatic heterocycles. The van der Waals surface area contributed by atoms with Crippen LogP contribution in [0.3, 0.4) is 0 Å². The Hall–Kier alpha value is -1.86. The van der Waals surface area contributed by atoms with Crippen molar-refractivity contribution in [3.8, 4) is 11.1 Å². The Balaban J connectivity index is 1.37. The van der Waals surface area contributed by atoms with Crippen molar-refractivity contribution in [2.24, 2.45) is 0 Å². The lowest BCUT2D eigenvalue weighted by atomic mass is 9.99. The number of alkyl halides is 2. The fourth-order valence-corrected chi connectivity index (χ4v) is 3.90. The van der Waals surface area contributed by atoms with Gasteiger partial charge in [0.05, 0.1) is 25.9 Å². The maximum absolute atomic E-state index is 14.3. The van der Waals surface area contributed by atoms with Gasteiger partial charge < -0.3 is 14.9 Å². The third-order valence-electron chi connectivity index (χ3n) is 5.62. The molecule has 3 rings (SSSR count). The zero-order valence-electron chi connectivity index (χ0n) is 17.2. The number of nitrogens with zero attached hydrogens (tertiary/aromatic N) is 1. The van der Waals surface area contributed by atoms with Gasteiger partial charge in [-0.2, -0.15) is 0 Å². The van der Waals surface area contributed by atoms with E-state index in [1.165, 1.54) is 0 Å². The zero-order valence-corrected chi connectivity index (χ0v) is 17.2. The number of aliphatic hydroxyl groups is 2. The number of likely N-dealkylation sites (tertiary alicyclic amines) is 1. The van der Waals surface area contributed by atoms with Gasteiger partial charge in [-0.05, 0) is 36.0 Å². The highest BCUT2D eigenvalue weighted by Gasteiger charge is 2.36. The van der Waals surface area contributed by atoms with Crippen LogP contribution in [0.2, 0.25) is 0 Å². The van der Waals surface area contributed by atoms with Gasteiger partial charge in [-0.3, -0.25) is 4.90 Å². The molecule has 30 heavy (non-hydrogen) atoms. The Kier molecular flexibility index (Phi) is 8.33. The molecule has 0 radical (unpaired) electrons. The minimum absolute atomic E-state index is 0.209. The molecule has 1 fully saturated rings. The standard InChI is InChI=1S/C24H31F2NO3/c25-24(26,18-27-13-11-23(29)15-22(27)16-28)12-4-14-30-17-19-7-9-21(10-8-19)20-5-2-1-3-6-20/h1-3,5-10,22-23,28-29H,4,11-18H2. The van der Waals surface area contributed by atoms with Crippen LogP contribution in [0, 0.1) is 0 Å². The number of benzene rings is 2. The molecule has 2 aromatic carbocycles. The van der Waals surface area contributed by atoms with Crippen molar-refractivity contribution in [2.45, 2.75) is 50.4 Å². The minimum atomic E-state index is -2.84. The lowest BCUT2D eigenvalue weighted by molar-refractivity contribution is -0.0774. The van der Waals surface area contributed by atoms with Crippen LogP contribution in [-0.2, 0) is 11.3 Å². The van der Waals surface area contributed by atoms with E-state index in [0.29, 0.717) is 26.0 Å². The van der Waals surface area contributed by atoms with Crippen LogP contribution < -0.4 is 0 Å². The van der Waals surface area contributed by atoms with Crippen LogP contribution in [0.25, 0.3) is 11.1 Å². The second-order valence-electron chi connectivity index (χ2n) is 8.06. The summed E-state index contributed by atoms with van der Waals surface area (Å²) < 4.78 is 34.2. The van der Waals surface area contributed by atoms with Gasteiger partial charge in [0.1, 0.15) is 0 Å². The molecule has 1 saturated heterocycles. The quantitative estimate of drug-likeness (QED) is 0.570. The summed E-state index contributed by atoms with van der Waals surface area (Å²) in [4.78, 5) is 1.60. The number of ether oxygens (including phenoxy) is 1. The Labute approximate surface area is 177 Å². The largest absolute Gasteiger partial charge is 0.395 e. The van der Waals surface area contributed by atoms with Crippen molar-refractivity contribution in [1.29, 1.82) is 0 Å². The van der Waals surface area contributed by atoms with Crippen LogP contribution in [0.1, 0.15) is 31.2 Å². The summed E-state index contributed by atoms with van der Waals surface area (Å²) in [7, 11) is 0. The average Bonchev–Trinajstić information content (AvgIpc) is 2.75.